The molecule has 108 valence electrons. The van der Waals surface area contributed by atoms with Gasteiger partial charge in [0.15, 0.2) is 5.78 Å². The summed E-state index contributed by atoms with van der Waals surface area (Å²) in [5.41, 5.74) is -1.81. The molecule has 2 heterocycles. The minimum absolute atomic E-state index is 0.0684. The molecule has 8 heteroatoms. The van der Waals surface area contributed by atoms with Gasteiger partial charge in [-0.15, -0.1) is 0 Å². The van der Waals surface area contributed by atoms with Crippen LogP contribution >= 0.6 is 0 Å². The number of aromatic nitrogens is 2. The van der Waals surface area contributed by atoms with E-state index in [0.29, 0.717) is 0 Å². The molecule has 1 aromatic rings. The Kier molecular flexibility index (Phi) is 3.98. The number of rotatable bonds is 4. The maximum Gasteiger partial charge on any atom is 0.330 e. The van der Waals surface area contributed by atoms with Crippen molar-refractivity contribution in [3.63, 3.8) is 0 Å². The van der Waals surface area contributed by atoms with Crippen LogP contribution < -0.4 is 11.2 Å². The second kappa shape index (κ2) is 5.53. The van der Waals surface area contributed by atoms with Crippen LogP contribution in [0.2, 0.25) is 0 Å². The third-order valence-electron chi connectivity index (χ3n) is 3.11. The first-order chi connectivity index (χ1) is 9.47. The van der Waals surface area contributed by atoms with Gasteiger partial charge in [-0.1, -0.05) is 6.58 Å². The Labute approximate surface area is 112 Å². The predicted molar refractivity (Wildman–Crippen MR) is 67.5 cm³/mol. The molecule has 3 atom stereocenters. The van der Waals surface area contributed by atoms with Gasteiger partial charge in [0.05, 0.1) is 12.7 Å². The summed E-state index contributed by atoms with van der Waals surface area (Å²) < 4.78 is 6.31. The quantitative estimate of drug-likeness (QED) is 0.458. The highest BCUT2D eigenvalue weighted by molar-refractivity contribution is 6.03. The summed E-state index contributed by atoms with van der Waals surface area (Å²) in [5, 5.41) is 18.6. The number of nitrogens with one attached hydrogen (secondary N) is 1. The highest BCUT2D eigenvalue weighted by atomic mass is 16.5. The summed E-state index contributed by atoms with van der Waals surface area (Å²) in [7, 11) is 0. The Morgan fingerprint density at radius 3 is 2.85 bits per heavy atom. The number of carbonyl (C=O) groups excluding carboxylic acids is 1. The minimum Gasteiger partial charge on any atom is -0.394 e. The van der Waals surface area contributed by atoms with Gasteiger partial charge < -0.3 is 14.9 Å². The van der Waals surface area contributed by atoms with E-state index in [9.17, 15) is 19.5 Å². The number of ether oxygens (including phenoxy) is 1. The number of aromatic amines is 1. The summed E-state index contributed by atoms with van der Waals surface area (Å²) in [6.07, 6.45) is -0.496. The second-order valence-corrected chi connectivity index (χ2v) is 4.39. The van der Waals surface area contributed by atoms with Crippen LogP contribution in [-0.4, -0.2) is 44.4 Å². The zero-order valence-corrected chi connectivity index (χ0v) is 10.5. The van der Waals surface area contributed by atoms with Crippen molar-refractivity contribution in [2.75, 3.05) is 6.61 Å². The molecule has 2 rings (SSSR count). The van der Waals surface area contributed by atoms with Gasteiger partial charge in [0.2, 0.25) is 0 Å². The van der Waals surface area contributed by atoms with E-state index in [2.05, 4.69) is 6.58 Å². The molecule has 1 saturated heterocycles. The molecule has 1 fully saturated rings. The summed E-state index contributed by atoms with van der Waals surface area (Å²) in [5.74, 6) is -0.628. The summed E-state index contributed by atoms with van der Waals surface area (Å²) in [4.78, 5) is 36.8. The lowest BCUT2D eigenvalue weighted by Crippen LogP contribution is -2.35. The average molecular weight is 282 g/mol. The van der Waals surface area contributed by atoms with Gasteiger partial charge in [-0.2, -0.15) is 0 Å². The summed E-state index contributed by atoms with van der Waals surface area (Å²) >= 11 is 0. The minimum atomic E-state index is -0.928. The lowest BCUT2D eigenvalue weighted by molar-refractivity contribution is -0.0459. The van der Waals surface area contributed by atoms with Gasteiger partial charge in [0.25, 0.3) is 5.56 Å². The first-order valence-corrected chi connectivity index (χ1v) is 5.94. The number of nitrogens with zero attached hydrogens (tertiary/aromatic N) is 1. The monoisotopic (exact) mass is 282 g/mol. The average Bonchev–Trinajstić information content (AvgIpc) is 2.79. The Morgan fingerprint density at radius 1 is 1.60 bits per heavy atom. The lowest BCUT2D eigenvalue weighted by atomic mass is 10.2. The maximum atomic E-state index is 11.7. The van der Waals surface area contributed by atoms with Crippen LogP contribution in [0.4, 0.5) is 0 Å². The van der Waals surface area contributed by atoms with E-state index in [4.69, 9.17) is 9.84 Å². The van der Waals surface area contributed by atoms with Crippen molar-refractivity contribution in [2.45, 2.75) is 24.9 Å². The van der Waals surface area contributed by atoms with Crippen molar-refractivity contribution < 1.29 is 19.7 Å². The lowest BCUT2D eigenvalue weighted by Gasteiger charge is -2.14. The van der Waals surface area contributed by atoms with Gasteiger partial charge in [0, 0.05) is 12.6 Å². The first-order valence-electron chi connectivity index (χ1n) is 5.94. The van der Waals surface area contributed by atoms with E-state index >= 15 is 0 Å². The van der Waals surface area contributed by atoms with Gasteiger partial charge in [-0.3, -0.25) is 19.1 Å². The molecular weight excluding hydrogens is 268 g/mol. The number of ketones is 1. The van der Waals surface area contributed by atoms with E-state index in [-0.39, 0.29) is 12.0 Å². The Bertz CT molecular complexity index is 646. The van der Waals surface area contributed by atoms with Crippen molar-refractivity contribution in [1.82, 2.24) is 9.55 Å². The van der Waals surface area contributed by atoms with Crippen LogP contribution in [0.3, 0.4) is 0 Å². The number of hydrogen-bond donors (Lipinski definition) is 3. The van der Waals surface area contributed by atoms with Crippen LogP contribution in [0.5, 0.6) is 0 Å². The molecule has 0 aliphatic carbocycles. The molecule has 0 radical (unpaired) electrons. The third-order valence-corrected chi connectivity index (χ3v) is 3.11. The molecule has 3 N–H and O–H groups in total. The first kappa shape index (κ1) is 14.4. The fourth-order valence-electron chi connectivity index (χ4n) is 2.03. The van der Waals surface area contributed by atoms with Crippen molar-refractivity contribution in [2.24, 2.45) is 0 Å². The number of hydrogen-bond acceptors (Lipinski definition) is 6. The maximum absolute atomic E-state index is 11.7. The number of allylic oxidation sites excluding steroid dienone is 1. The number of aliphatic hydroxyl groups excluding tert-OH is 2. The van der Waals surface area contributed by atoms with Crippen molar-refractivity contribution in [3.05, 3.63) is 45.3 Å². The number of aliphatic hydroxyl groups is 2. The molecule has 0 aromatic carbocycles. The van der Waals surface area contributed by atoms with E-state index in [0.717, 1.165) is 16.8 Å². The topological polar surface area (TPSA) is 122 Å². The van der Waals surface area contributed by atoms with Gasteiger partial charge >= 0.3 is 5.69 Å². The summed E-state index contributed by atoms with van der Waals surface area (Å²) in [6.45, 7) is 2.88. The van der Waals surface area contributed by atoms with Crippen molar-refractivity contribution in [1.29, 1.82) is 0 Å². The largest absolute Gasteiger partial charge is 0.394 e. The highest BCUT2D eigenvalue weighted by Crippen LogP contribution is 2.27. The van der Waals surface area contributed by atoms with Gasteiger partial charge in [-0.05, 0) is 6.08 Å². The Hall–Kier alpha value is -2.03. The zero-order valence-electron chi connectivity index (χ0n) is 10.5. The van der Waals surface area contributed by atoms with Gasteiger partial charge in [0.1, 0.15) is 17.9 Å². The zero-order chi connectivity index (χ0) is 14.9. The fourth-order valence-corrected chi connectivity index (χ4v) is 2.03. The molecule has 1 aromatic heterocycles. The molecule has 1 aliphatic heterocycles. The van der Waals surface area contributed by atoms with Crippen LogP contribution in [0.25, 0.3) is 0 Å². The fraction of sp³-hybridized carbons (Fsp3) is 0.417. The predicted octanol–water partition coefficient (Wildman–Crippen LogP) is -1.45. The molecular formula is C12H14N2O6. The normalized spacial score (nSPS) is 25.6. The van der Waals surface area contributed by atoms with Crippen LogP contribution in [0, 0.1) is 0 Å². The van der Waals surface area contributed by atoms with Crippen molar-refractivity contribution in [3.8, 4) is 0 Å². The van der Waals surface area contributed by atoms with Crippen LogP contribution in [-0.2, 0) is 4.74 Å². The molecule has 20 heavy (non-hydrogen) atoms. The molecule has 0 saturated carbocycles. The van der Waals surface area contributed by atoms with E-state index in [1.807, 2.05) is 4.98 Å². The van der Waals surface area contributed by atoms with Crippen molar-refractivity contribution >= 4 is 5.78 Å². The Balaban J connectivity index is 2.43. The molecule has 1 aliphatic rings. The summed E-state index contributed by atoms with van der Waals surface area (Å²) in [6, 6.07) is 0. The third kappa shape index (κ3) is 2.48. The second-order valence-electron chi connectivity index (χ2n) is 4.39. The van der Waals surface area contributed by atoms with Crippen LogP contribution in [0.15, 0.2) is 28.4 Å². The highest BCUT2D eigenvalue weighted by Gasteiger charge is 2.35. The SMILES string of the molecule is C=CC(=O)c1cn([C@@H]2CC(O)[C@H](CO)O2)c(=O)[nH]c1=O. The number of carbonyl (C=O) groups is 1. The standard InChI is InChI=1S/C12H14N2O6/c1-2-7(16)6-4-14(12(19)13-11(6)18)10-3-8(17)9(5-15)20-10/h2,4,8-10,15,17H,1,3,5H2,(H,13,18,19)/t8?,9-,10-/m0/s1. The number of H-pyrrole nitrogens is 1. The Morgan fingerprint density at radius 2 is 2.30 bits per heavy atom. The molecule has 0 amide bonds. The molecule has 1 unspecified atom stereocenters. The van der Waals surface area contributed by atoms with Gasteiger partial charge in [-0.25, -0.2) is 4.79 Å². The molecule has 8 nitrogen and oxygen atoms in total. The molecule has 0 bridgehead atoms. The molecule has 0 spiro atoms. The smallest absolute Gasteiger partial charge is 0.330 e. The van der Waals surface area contributed by atoms with E-state index in [1.54, 1.807) is 0 Å². The van der Waals surface area contributed by atoms with E-state index in [1.165, 1.54) is 0 Å². The van der Waals surface area contributed by atoms with E-state index < -0.39 is 42.1 Å². The van der Waals surface area contributed by atoms with Crippen LogP contribution in [0.1, 0.15) is 23.0 Å².